The lowest BCUT2D eigenvalue weighted by Crippen LogP contribution is -2.59. The van der Waals surface area contributed by atoms with Crippen molar-refractivity contribution in [3.05, 3.63) is 23.8 Å². The second-order valence-electron chi connectivity index (χ2n) is 5.59. The van der Waals surface area contributed by atoms with Crippen LogP contribution in [0.5, 0.6) is 11.5 Å². The molecule has 2 aliphatic rings. The maximum absolute atomic E-state index is 12.1. The van der Waals surface area contributed by atoms with Gasteiger partial charge < -0.3 is 25.2 Å². The number of phenols is 1. The van der Waals surface area contributed by atoms with Crippen molar-refractivity contribution in [2.24, 2.45) is 0 Å². The van der Waals surface area contributed by atoms with Gasteiger partial charge in [0.15, 0.2) is 0 Å². The molecule has 2 fully saturated rings. The Morgan fingerprint density at radius 2 is 2.09 bits per heavy atom. The van der Waals surface area contributed by atoms with Gasteiger partial charge in [-0.25, -0.2) is 4.79 Å². The summed E-state index contributed by atoms with van der Waals surface area (Å²) in [7, 11) is 0. The van der Waals surface area contributed by atoms with Crippen molar-refractivity contribution < 1.29 is 24.5 Å². The average molecular weight is 306 g/mol. The van der Waals surface area contributed by atoms with Gasteiger partial charge >= 0.3 is 5.97 Å². The first-order chi connectivity index (χ1) is 10.6. The molecule has 22 heavy (non-hydrogen) atoms. The lowest BCUT2D eigenvalue weighted by molar-refractivity contribution is -0.141. The lowest BCUT2D eigenvalue weighted by Gasteiger charge is -2.40. The normalized spacial score (nSPS) is 21.5. The summed E-state index contributed by atoms with van der Waals surface area (Å²) in [6, 6.07) is 4.24. The van der Waals surface area contributed by atoms with Crippen molar-refractivity contribution in [2.45, 2.75) is 25.0 Å². The van der Waals surface area contributed by atoms with E-state index in [-0.39, 0.29) is 35.1 Å². The second kappa shape index (κ2) is 5.84. The van der Waals surface area contributed by atoms with Crippen LogP contribution < -0.4 is 10.1 Å². The Kier molecular flexibility index (Phi) is 3.89. The molecule has 3 rings (SSSR count). The summed E-state index contributed by atoms with van der Waals surface area (Å²) in [5, 5.41) is 21.9. The fourth-order valence-electron chi connectivity index (χ4n) is 2.82. The third-order valence-corrected chi connectivity index (χ3v) is 4.03. The number of ether oxygens (including phenoxy) is 1. The zero-order valence-electron chi connectivity index (χ0n) is 12.0. The van der Waals surface area contributed by atoms with Crippen molar-refractivity contribution in [3.63, 3.8) is 0 Å². The number of rotatable bonds is 4. The first kappa shape index (κ1) is 14.6. The van der Waals surface area contributed by atoms with Crippen LogP contribution in [0.3, 0.4) is 0 Å². The van der Waals surface area contributed by atoms with E-state index in [1.165, 1.54) is 18.2 Å². The first-order valence-electron chi connectivity index (χ1n) is 7.30. The summed E-state index contributed by atoms with van der Waals surface area (Å²) < 4.78 is 5.61. The second-order valence-corrected chi connectivity index (χ2v) is 5.59. The van der Waals surface area contributed by atoms with Gasteiger partial charge in [-0.05, 0) is 31.5 Å². The fraction of sp³-hybridized carbons (Fsp3) is 0.467. The minimum Gasteiger partial charge on any atom is -0.507 e. The molecule has 2 aliphatic heterocycles. The predicted molar refractivity (Wildman–Crippen MR) is 77.1 cm³/mol. The third kappa shape index (κ3) is 2.71. The Hall–Kier alpha value is -2.28. The Bertz CT molecular complexity index is 592. The molecule has 0 bridgehead atoms. The number of aromatic hydroxyl groups is 1. The molecular weight excluding hydrogens is 288 g/mol. The Balaban J connectivity index is 1.59. The third-order valence-electron chi connectivity index (χ3n) is 4.03. The van der Waals surface area contributed by atoms with E-state index in [4.69, 9.17) is 9.84 Å². The first-order valence-corrected chi connectivity index (χ1v) is 7.30. The summed E-state index contributed by atoms with van der Waals surface area (Å²) in [4.78, 5) is 25.0. The van der Waals surface area contributed by atoms with Crippen LogP contribution >= 0.6 is 0 Å². The van der Waals surface area contributed by atoms with Crippen molar-refractivity contribution in [2.75, 3.05) is 19.6 Å². The molecule has 0 spiro atoms. The number of hydrogen-bond acceptors (Lipinski definition) is 5. The molecule has 1 aromatic rings. The summed E-state index contributed by atoms with van der Waals surface area (Å²) in [5.41, 5.74) is -0.246. The maximum Gasteiger partial charge on any atom is 0.343 e. The zero-order valence-corrected chi connectivity index (χ0v) is 12.0. The predicted octanol–water partition coefficient (Wildman–Crippen LogP) is 0.432. The van der Waals surface area contributed by atoms with Crippen molar-refractivity contribution in [1.29, 1.82) is 0 Å². The monoisotopic (exact) mass is 306 g/mol. The maximum atomic E-state index is 12.1. The zero-order chi connectivity index (χ0) is 15.7. The molecule has 0 aromatic heterocycles. The topological polar surface area (TPSA) is 99.1 Å². The molecule has 2 saturated heterocycles. The fourth-order valence-corrected chi connectivity index (χ4v) is 2.82. The average Bonchev–Trinajstić information content (AvgIpc) is 2.95. The highest BCUT2D eigenvalue weighted by molar-refractivity contribution is 5.94. The van der Waals surface area contributed by atoms with E-state index in [9.17, 15) is 14.7 Å². The molecule has 0 unspecified atom stereocenters. The van der Waals surface area contributed by atoms with E-state index >= 15 is 0 Å². The van der Waals surface area contributed by atoms with E-state index in [0.717, 1.165) is 19.4 Å². The molecule has 2 heterocycles. The van der Waals surface area contributed by atoms with Gasteiger partial charge in [0.2, 0.25) is 5.91 Å². The van der Waals surface area contributed by atoms with Crippen LogP contribution in [0.4, 0.5) is 0 Å². The van der Waals surface area contributed by atoms with Crippen molar-refractivity contribution in [3.8, 4) is 11.5 Å². The molecule has 3 N–H and O–H groups in total. The molecular formula is C15H18N2O5. The largest absolute Gasteiger partial charge is 0.507 e. The van der Waals surface area contributed by atoms with E-state index in [1.54, 1.807) is 4.90 Å². The van der Waals surface area contributed by atoms with Crippen molar-refractivity contribution in [1.82, 2.24) is 10.2 Å². The number of amides is 1. The summed E-state index contributed by atoms with van der Waals surface area (Å²) >= 11 is 0. The van der Waals surface area contributed by atoms with Gasteiger partial charge in [-0.2, -0.15) is 0 Å². The Morgan fingerprint density at radius 3 is 2.73 bits per heavy atom. The summed E-state index contributed by atoms with van der Waals surface area (Å²) in [6.07, 6.45) is 1.62. The molecule has 7 nitrogen and oxygen atoms in total. The molecule has 1 atom stereocenters. The van der Waals surface area contributed by atoms with Crippen molar-refractivity contribution >= 4 is 11.9 Å². The van der Waals surface area contributed by atoms with E-state index in [1.807, 2.05) is 0 Å². The Morgan fingerprint density at radius 1 is 1.32 bits per heavy atom. The number of carboxylic acids is 1. The summed E-state index contributed by atoms with van der Waals surface area (Å²) in [5.74, 6) is -1.36. The quantitative estimate of drug-likeness (QED) is 0.746. The number of aromatic carboxylic acids is 1. The highest BCUT2D eigenvalue weighted by Crippen LogP contribution is 2.29. The highest BCUT2D eigenvalue weighted by atomic mass is 16.5. The molecule has 118 valence electrons. The highest BCUT2D eigenvalue weighted by Gasteiger charge is 2.37. The Labute approximate surface area is 127 Å². The van der Waals surface area contributed by atoms with Gasteiger partial charge in [0, 0.05) is 0 Å². The smallest absolute Gasteiger partial charge is 0.343 e. The standard InChI is InChI=1S/C15H18N2O5/c18-11-4-1-5-12(13(11)15(20)21)22-9-7-17(8-9)14(19)10-3-2-6-16-10/h1,4-5,9-10,16,18H,2-3,6-8H2,(H,20,21)/t10-/m0/s1. The minimum absolute atomic E-state index is 0.0757. The van der Waals surface area contributed by atoms with E-state index in [0.29, 0.717) is 13.1 Å². The molecule has 0 aliphatic carbocycles. The number of benzene rings is 1. The molecule has 7 heteroatoms. The van der Waals surface area contributed by atoms with Crippen LogP contribution in [0.25, 0.3) is 0 Å². The van der Waals surface area contributed by atoms with Crippen LogP contribution in [0.15, 0.2) is 18.2 Å². The summed E-state index contributed by atoms with van der Waals surface area (Å²) in [6.45, 7) is 1.74. The number of carboxylic acid groups (broad SMARTS) is 1. The number of likely N-dealkylation sites (tertiary alicyclic amines) is 1. The number of nitrogens with zero attached hydrogens (tertiary/aromatic N) is 1. The van der Waals surface area contributed by atoms with Gasteiger partial charge in [-0.15, -0.1) is 0 Å². The van der Waals surface area contributed by atoms with Crippen LogP contribution in [0.1, 0.15) is 23.2 Å². The van der Waals surface area contributed by atoms with Gasteiger partial charge in [0.05, 0.1) is 19.1 Å². The van der Waals surface area contributed by atoms with E-state index < -0.39 is 5.97 Å². The van der Waals surface area contributed by atoms with Gasteiger partial charge in [-0.1, -0.05) is 6.07 Å². The van der Waals surface area contributed by atoms with Gasteiger partial charge in [0.25, 0.3) is 0 Å². The van der Waals surface area contributed by atoms with E-state index in [2.05, 4.69) is 5.32 Å². The van der Waals surface area contributed by atoms with Crippen LogP contribution in [-0.4, -0.2) is 58.8 Å². The van der Waals surface area contributed by atoms with Crippen LogP contribution in [0.2, 0.25) is 0 Å². The molecule has 0 saturated carbocycles. The number of hydrogen-bond donors (Lipinski definition) is 3. The molecule has 0 radical (unpaired) electrons. The molecule has 1 amide bonds. The number of carbonyl (C=O) groups is 2. The van der Waals surface area contributed by atoms with Crippen LogP contribution in [0, 0.1) is 0 Å². The minimum atomic E-state index is -1.24. The molecule has 1 aromatic carbocycles. The van der Waals surface area contributed by atoms with Gasteiger partial charge in [0.1, 0.15) is 23.2 Å². The number of carbonyl (C=O) groups excluding carboxylic acids is 1. The lowest BCUT2D eigenvalue weighted by atomic mass is 10.1. The SMILES string of the molecule is O=C(O)c1c(O)cccc1OC1CN(C(=O)[C@@H]2CCCN2)C1. The van der Waals surface area contributed by atoms with Gasteiger partial charge in [-0.3, -0.25) is 4.79 Å². The van der Waals surface area contributed by atoms with Crippen LogP contribution in [-0.2, 0) is 4.79 Å². The number of nitrogens with one attached hydrogen (secondary N) is 1.